The first-order valence-electron chi connectivity index (χ1n) is 4.68. The molecule has 4 heteroatoms. The van der Waals surface area contributed by atoms with Crippen molar-refractivity contribution in [3.8, 4) is 0 Å². The van der Waals surface area contributed by atoms with Crippen LogP contribution in [-0.4, -0.2) is 9.55 Å². The van der Waals surface area contributed by atoms with Crippen molar-refractivity contribution in [3.63, 3.8) is 0 Å². The second-order valence-corrected chi connectivity index (χ2v) is 3.42. The van der Waals surface area contributed by atoms with Gasteiger partial charge in [0.25, 0.3) is 0 Å². The van der Waals surface area contributed by atoms with Crippen LogP contribution < -0.4 is 5.32 Å². The van der Waals surface area contributed by atoms with E-state index in [1.807, 2.05) is 24.7 Å². The van der Waals surface area contributed by atoms with Crippen molar-refractivity contribution in [2.75, 3.05) is 5.32 Å². The van der Waals surface area contributed by atoms with Crippen molar-refractivity contribution in [3.05, 3.63) is 42.0 Å². The predicted molar refractivity (Wildman–Crippen MR) is 57.6 cm³/mol. The Hall–Kier alpha value is -1.84. The summed E-state index contributed by atoms with van der Waals surface area (Å²) in [5, 5.41) is 2.94. The van der Waals surface area contributed by atoms with E-state index in [1.54, 1.807) is 18.2 Å². The van der Waals surface area contributed by atoms with Crippen LogP contribution in [0.15, 0.2) is 30.5 Å². The summed E-state index contributed by atoms with van der Waals surface area (Å²) in [6.07, 6.45) is 1.88. The van der Waals surface area contributed by atoms with Crippen molar-refractivity contribution in [1.82, 2.24) is 9.55 Å². The summed E-state index contributed by atoms with van der Waals surface area (Å²) in [6.45, 7) is 1.90. The Morgan fingerprint density at radius 1 is 1.33 bits per heavy atom. The molecular weight excluding hydrogens is 193 g/mol. The average molecular weight is 205 g/mol. The first-order chi connectivity index (χ1) is 7.16. The number of hydrogen-bond acceptors (Lipinski definition) is 2. The third-order valence-corrected chi connectivity index (χ3v) is 2.12. The molecule has 1 N–H and O–H groups in total. The lowest BCUT2D eigenvalue weighted by Crippen LogP contribution is -1.99. The summed E-state index contributed by atoms with van der Waals surface area (Å²) in [5.74, 6) is 0.357. The van der Waals surface area contributed by atoms with Crippen LogP contribution in [0, 0.1) is 12.7 Å². The maximum Gasteiger partial charge on any atom is 0.207 e. The summed E-state index contributed by atoms with van der Waals surface area (Å²) in [6, 6.07) is 6.53. The largest absolute Gasteiger partial charge is 0.323 e. The molecule has 0 amide bonds. The SMILES string of the molecule is Cc1cn(C)c(Nc2ccccc2F)n1. The molecule has 0 aliphatic carbocycles. The van der Waals surface area contributed by atoms with Crippen molar-refractivity contribution >= 4 is 11.6 Å². The lowest BCUT2D eigenvalue weighted by molar-refractivity contribution is 0.631. The molecule has 78 valence electrons. The van der Waals surface area contributed by atoms with Crippen molar-refractivity contribution in [1.29, 1.82) is 0 Å². The van der Waals surface area contributed by atoms with Gasteiger partial charge in [-0.25, -0.2) is 9.37 Å². The highest BCUT2D eigenvalue weighted by molar-refractivity contribution is 5.54. The molecule has 3 nitrogen and oxygen atoms in total. The minimum absolute atomic E-state index is 0.279. The first-order valence-corrected chi connectivity index (χ1v) is 4.68. The third-order valence-electron chi connectivity index (χ3n) is 2.12. The number of rotatable bonds is 2. The lowest BCUT2D eigenvalue weighted by Gasteiger charge is -2.06. The number of nitrogens with zero attached hydrogens (tertiary/aromatic N) is 2. The molecular formula is C11H12FN3. The van der Waals surface area contributed by atoms with Crippen LogP contribution in [0.5, 0.6) is 0 Å². The van der Waals surface area contributed by atoms with Gasteiger partial charge in [-0.3, -0.25) is 0 Å². The molecule has 0 spiro atoms. The van der Waals surface area contributed by atoms with Gasteiger partial charge in [0, 0.05) is 13.2 Å². The standard InChI is InChI=1S/C11H12FN3/c1-8-7-15(2)11(13-8)14-10-6-4-3-5-9(10)12/h3-7H,1-2H3,(H,13,14). The van der Waals surface area contributed by atoms with Crippen LogP contribution in [0.2, 0.25) is 0 Å². The molecule has 0 aliphatic rings. The summed E-state index contributed by atoms with van der Waals surface area (Å²) < 4.78 is 15.1. The molecule has 0 saturated heterocycles. The van der Waals surface area contributed by atoms with E-state index in [0.717, 1.165) is 5.69 Å². The molecule has 0 radical (unpaired) electrons. The number of halogens is 1. The Labute approximate surface area is 87.6 Å². The highest BCUT2D eigenvalue weighted by Gasteiger charge is 2.05. The number of aromatic nitrogens is 2. The Kier molecular flexibility index (Phi) is 2.41. The fourth-order valence-electron chi connectivity index (χ4n) is 1.42. The summed E-state index contributed by atoms with van der Waals surface area (Å²) in [5.41, 5.74) is 1.34. The molecule has 15 heavy (non-hydrogen) atoms. The van der Waals surface area contributed by atoms with Crippen LogP contribution in [0.25, 0.3) is 0 Å². The summed E-state index contributed by atoms with van der Waals surface area (Å²) in [7, 11) is 1.86. The smallest absolute Gasteiger partial charge is 0.207 e. The summed E-state index contributed by atoms with van der Waals surface area (Å²) >= 11 is 0. The Morgan fingerprint density at radius 3 is 2.67 bits per heavy atom. The number of para-hydroxylation sites is 1. The number of nitrogens with one attached hydrogen (secondary N) is 1. The molecule has 0 atom stereocenters. The molecule has 0 bridgehead atoms. The van der Waals surface area contributed by atoms with Gasteiger partial charge in [0.2, 0.25) is 5.95 Å². The van der Waals surface area contributed by atoms with Gasteiger partial charge in [0.1, 0.15) is 5.82 Å². The van der Waals surface area contributed by atoms with E-state index >= 15 is 0 Å². The van der Waals surface area contributed by atoms with Gasteiger partial charge < -0.3 is 9.88 Å². The minimum Gasteiger partial charge on any atom is -0.323 e. The van der Waals surface area contributed by atoms with E-state index in [4.69, 9.17) is 0 Å². The van der Waals surface area contributed by atoms with Crippen LogP contribution >= 0.6 is 0 Å². The zero-order chi connectivity index (χ0) is 10.8. The number of anilines is 2. The third kappa shape index (κ3) is 1.98. The van der Waals surface area contributed by atoms with E-state index < -0.39 is 0 Å². The molecule has 2 aromatic rings. The van der Waals surface area contributed by atoms with Crippen molar-refractivity contribution < 1.29 is 4.39 Å². The molecule has 0 fully saturated rings. The van der Waals surface area contributed by atoms with Crippen LogP contribution in [0.3, 0.4) is 0 Å². The van der Waals surface area contributed by atoms with Gasteiger partial charge in [-0.05, 0) is 19.1 Å². The van der Waals surface area contributed by atoms with Gasteiger partial charge in [-0.15, -0.1) is 0 Å². The lowest BCUT2D eigenvalue weighted by atomic mass is 10.3. The van der Waals surface area contributed by atoms with Gasteiger partial charge in [-0.1, -0.05) is 12.1 Å². The molecule has 0 saturated carbocycles. The minimum atomic E-state index is -0.279. The molecule has 1 aromatic heterocycles. The zero-order valence-corrected chi connectivity index (χ0v) is 8.66. The van der Waals surface area contributed by atoms with E-state index in [-0.39, 0.29) is 5.82 Å². The van der Waals surface area contributed by atoms with Gasteiger partial charge in [-0.2, -0.15) is 0 Å². The van der Waals surface area contributed by atoms with Crippen LogP contribution in [-0.2, 0) is 7.05 Å². The summed E-state index contributed by atoms with van der Waals surface area (Å²) in [4.78, 5) is 4.23. The number of benzene rings is 1. The van der Waals surface area contributed by atoms with Crippen LogP contribution in [0.1, 0.15) is 5.69 Å². The Balaban J connectivity index is 2.29. The van der Waals surface area contributed by atoms with Crippen LogP contribution in [0.4, 0.5) is 16.0 Å². The first kappa shape index (κ1) is 9.71. The van der Waals surface area contributed by atoms with Gasteiger partial charge in [0.15, 0.2) is 0 Å². The van der Waals surface area contributed by atoms with Gasteiger partial charge >= 0.3 is 0 Å². The highest BCUT2D eigenvalue weighted by Crippen LogP contribution is 2.18. The predicted octanol–water partition coefficient (Wildman–Crippen LogP) is 2.61. The maximum atomic E-state index is 13.3. The van der Waals surface area contributed by atoms with E-state index in [9.17, 15) is 4.39 Å². The highest BCUT2D eigenvalue weighted by atomic mass is 19.1. The van der Waals surface area contributed by atoms with E-state index in [0.29, 0.717) is 11.6 Å². The second kappa shape index (κ2) is 3.73. The monoisotopic (exact) mass is 205 g/mol. The molecule has 1 aromatic carbocycles. The number of imidazole rings is 1. The Morgan fingerprint density at radius 2 is 2.07 bits per heavy atom. The normalized spacial score (nSPS) is 10.3. The quantitative estimate of drug-likeness (QED) is 0.816. The fraction of sp³-hybridized carbons (Fsp3) is 0.182. The number of aryl methyl sites for hydroxylation is 2. The number of hydrogen-bond donors (Lipinski definition) is 1. The van der Waals surface area contributed by atoms with Crippen molar-refractivity contribution in [2.45, 2.75) is 6.92 Å². The molecule has 1 heterocycles. The molecule has 0 aliphatic heterocycles. The maximum absolute atomic E-state index is 13.3. The second-order valence-electron chi connectivity index (χ2n) is 3.42. The fourth-order valence-corrected chi connectivity index (χ4v) is 1.42. The molecule has 0 unspecified atom stereocenters. The van der Waals surface area contributed by atoms with E-state index in [1.165, 1.54) is 6.07 Å². The zero-order valence-electron chi connectivity index (χ0n) is 8.66. The topological polar surface area (TPSA) is 29.9 Å². The van der Waals surface area contributed by atoms with E-state index in [2.05, 4.69) is 10.3 Å². The Bertz CT molecular complexity index is 476. The van der Waals surface area contributed by atoms with Gasteiger partial charge in [0.05, 0.1) is 11.4 Å². The average Bonchev–Trinajstić information content (AvgIpc) is 2.49. The van der Waals surface area contributed by atoms with Crippen molar-refractivity contribution in [2.24, 2.45) is 7.05 Å². The molecule has 2 rings (SSSR count).